The highest BCUT2D eigenvalue weighted by molar-refractivity contribution is 9.10. The number of aromatic nitrogens is 1. The first-order valence-electron chi connectivity index (χ1n) is 6.43. The molecule has 21 heavy (non-hydrogen) atoms. The molecule has 0 spiro atoms. The first-order chi connectivity index (χ1) is 10.0. The SMILES string of the molecule is Cc1sc(NCc2cc(Br)cc3c2OCC3)nc1C(=O)O. The number of fused-ring (bicyclic) bond motifs is 1. The van der Waals surface area contributed by atoms with Crippen molar-refractivity contribution in [1.82, 2.24) is 4.98 Å². The van der Waals surface area contributed by atoms with E-state index in [1.807, 2.05) is 6.07 Å². The van der Waals surface area contributed by atoms with Gasteiger partial charge in [0.15, 0.2) is 10.8 Å². The quantitative estimate of drug-likeness (QED) is 0.864. The molecule has 7 heteroatoms. The zero-order valence-corrected chi connectivity index (χ0v) is 13.7. The number of hydrogen-bond donors (Lipinski definition) is 2. The number of rotatable bonds is 4. The molecular formula is C14H13BrN2O3S. The van der Waals surface area contributed by atoms with Crippen molar-refractivity contribution >= 4 is 38.4 Å². The number of benzene rings is 1. The van der Waals surface area contributed by atoms with Gasteiger partial charge in [-0.05, 0) is 24.6 Å². The van der Waals surface area contributed by atoms with E-state index >= 15 is 0 Å². The first-order valence-corrected chi connectivity index (χ1v) is 8.04. The molecular weight excluding hydrogens is 356 g/mol. The molecule has 1 aliphatic rings. The van der Waals surface area contributed by atoms with Gasteiger partial charge in [-0.1, -0.05) is 15.9 Å². The van der Waals surface area contributed by atoms with Crippen LogP contribution in [0.25, 0.3) is 0 Å². The topological polar surface area (TPSA) is 71.5 Å². The van der Waals surface area contributed by atoms with Crippen molar-refractivity contribution in [3.8, 4) is 5.75 Å². The van der Waals surface area contributed by atoms with Gasteiger partial charge in [-0.25, -0.2) is 9.78 Å². The fraction of sp³-hybridized carbons (Fsp3) is 0.286. The Balaban J connectivity index is 1.79. The summed E-state index contributed by atoms with van der Waals surface area (Å²) in [6.45, 7) is 3.01. The van der Waals surface area contributed by atoms with Gasteiger partial charge in [0.1, 0.15) is 5.75 Å². The predicted molar refractivity (Wildman–Crippen MR) is 84.5 cm³/mol. The van der Waals surface area contributed by atoms with E-state index in [4.69, 9.17) is 9.84 Å². The molecule has 5 nitrogen and oxygen atoms in total. The lowest BCUT2D eigenvalue weighted by atomic mass is 10.1. The van der Waals surface area contributed by atoms with Crippen molar-refractivity contribution < 1.29 is 14.6 Å². The zero-order valence-electron chi connectivity index (χ0n) is 11.3. The smallest absolute Gasteiger partial charge is 0.355 e. The Labute approximate surface area is 134 Å². The van der Waals surface area contributed by atoms with Gasteiger partial charge < -0.3 is 15.2 Å². The zero-order chi connectivity index (χ0) is 15.0. The number of nitrogens with zero attached hydrogens (tertiary/aromatic N) is 1. The third-order valence-corrected chi connectivity index (χ3v) is 4.64. The molecule has 2 N–H and O–H groups in total. The highest BCUT2D eigenvalue weighted by Gasteiger charge is 2.18. The molecule has 0 radical (unpaired) electrons. The van der Waals surface area contributed by atoms with Gasteiger partial charge in [0.25, 0.3) is 0 Å². The summed E-state index contributed by atoms with van der Waals surface area (Å²) in [5, 5.41) is 12.8. The number of carbonyl (C=O) groups is 1. The Morgan fingerprint density at radius 3 is 3.10 bits per heavy atom. The minimum absolute atomic E-state index is 0.109. The largest absolute Gasteiger partial charge is 0.493 e. The van der Waals surface area contributed by atoms with Gasteiger partial charge >= 0.3 is 5.97 Å². The van der Waals surface area contributed by atoms with Crippen molar-refractivity contribution in [2.24, 2.45) is 0 Å². The monoisotopic (exact) mass is 368 g/mol. The number of carboxylic acid groups (broad SMARTS) is 1. The summed E-state index contributed by atoms with van der Waals surface area (Å²) >= 11 is 4.85. The molecule has 0 saturated heterocycles. The Kier molecular flexibility index (Phi) is 3.86. The maximum atomic E-state index is 11.0. The molecule has 0 bridgehead atoms. The van der Waals surface area contributed by atoms with E-state index in [-0.39, 0.29) is 5.69 Å². The second kappa shape index (κ2) is 5.65. The Morgan fingerprint density at radius 1 is 1.57 bits per heavy atom. The van der Waals surface area contributed by atoms with Gasteiger partial charge in [0, 0.05) is 27.9 Å². The van der Waals surface area contributed by atoms with Crippen LogP contribution in [-0.4, -0.2) is 22.7 Å². The first kappa shape index (κ1) is 14.3. The molecule has 1 aromatic carbocycles. The predicted octanol–water partition coefficient (Wildman–Crippen LogP) is 3.46. The van der Waals surface area contributed by atoms with E-state index in [9.17, 15) is 4.79 Å². The van der Waals surface area contributed by atoms with Crippen LogP contribution in [0, 0.1) is 6.92 Å². The van der Waals surface area contributed by atoms with Crippen LogP contribution in [0.15, 0.2) is 16.6 Å². The van der Waals surface area contributed by atoms with Crippen LogP contribution in [0.2, 0.25) is 0 Å². The molecule has 0 amide bonds. The number of halogens is 1. The average Bonchev–Trinajstić information content (AvgIpc) is 3.02. The summed E-state index contributed by atoms with van der Waals surface area (Å²) in [6, 6.07) is 4.08. The number of nitrogens with one attached hydrogen (secondary N) is 1. The van der Waals surface area contributed by atoms with Crippen LogP contribution in [-0.2, 0) is 13.0 Å². The lowest BCUT2D eigenvalue weighted by Gasteiger charge is -2.09. The highest BCUT2D eigenvalue weighted by Crippen LogP contribution is 2.33. The highest BCUT2D eigenvalue weighted by atomic mass is 79.9. The maximum absolute atomic E-state index is 11.0. The van der Waals surface area contributed by atoms with Crippen LogP contribution in [0.1, 0.15) is 26.5 Å². The van der Waals surface area contributed by atoms with E-state index in [2.05, 4.69) is 32.3 Å². The van der Waals surface area contributed by atoms with Crippen LogP contribution in [0.4, 0.5) is 5.13 Å². The number of aryl methyl sites for hydroxylation is 1. The lowest BCUT2D eigenvalue weighted by molar-refractivity contribution is 0.0690. The Morgan fingerprint density at radius 2 is 2.38 bits per heavy atom. The lowest BCUT2D eigenvalue weighted by Crippen LogP contribution is -2.03. The number of carboxylic acids is 1. The fourth-order valence-electron chi connectivity index (χ4n) is 2.32. The summed E-state index contributed by atoms with van der Waals surface area (Å²) in [4.78, 5) is 15.8. The van der Waals surface area contributed by atoms with Gasteiger partial charge in [0.2, 0.25) is 0 Å². The van der Waals surface area contributed by atoms with E-state index in [0.717, 1.165) is 22.2 Å². The van der Waals surface area contributed by atoms with Crippen molar-refractivity contribution in [2.75, 3.05) is 11.9 Å². The van der Waals surface area contributed by atoms with Gasteiger partial charge in [-0.2, -0.15) is 0 Å². The van der Waals surface area contributed by atoms with Gasteiger partial charge in [-0.15, -0.1) is 11.3 Å². The van der Waals surface area contributed by atoms with Crippen LogP contribution >= 0.6 is 27.3 Å². The Hall–Kier alpha value is -1.60. The average molecular weight is 369 g/mol. The van der Waals surface area contributed by atoms with Crippen molar-refractivity contribution in [1.29, 1.82) is 0 Å². The van der Waals surface area contributed by atoms with Crippen molar-refractivity contribution in [3.63, 3.8) is 0 Å². The molecule has 1 aliphatic heterocycles. The standard InChI is InChI=1S/C14H13BrN2O3S/c1-7-11(13(18)19)17-14(21-7)16-6-9-5-10(15)4-8-2-3-20-12(8)9/h4-5H,2-3,6H2,1H3,(H,16,17)(H,18,19). The molecule has 0 saturated carbocycles. The van der Waals surface area contributed by atoms with Crippen molar-refractivity contribution in [3.05, 3.63) is 38.3 Å². The minimum Gasteiger partial charge on any atom is -0.493 e. The molecule has 0 unspecified atom stereocenters. The van der Waals surface area contributed by atoms with Crippen LogP contribution in [0.3, 0.4) is 0 Å². The third-order valence-electron chi connectivity index (χ3n) is 3.25. The van der Waals surface area contributed by atoms with Crippen LogP contribution < -0.4 is 10.1 Å². The number of anilines is 1. The van der Waals surface area contributed by atoms with Gasteiger partial charge in [-0.3, -0.25) is 0 Å². The Bertz CT molecular complexity index is 714. The molecule has 2 aromatic rings. The van der Waals surface area contributed by atoms with Gasteiger partial charge in [0.05, 0.1) is 6.61 Å². The summed E-state index contributed by atoms with van der Waals surface area (Å²) in [5.74, 6) is -0.0686. The van der Waals surface area contributed by atoms with E-state index in [1.165, 1.54) is 16.9 Å². The number of thiazole rings is 1. The third kappa shape index (κ3) is 2.89. The number of aromatic carboxylic acids is 1. The van der Waals surface area contributed by atoms with Crippen LogP contribution in [0.5, 0.6) is 5.75 Å². The molecule has 1 aromatic heterocycles. The second-order valence-corrected chi connectivity index (χ2v) is 6.85. The molecule has 0 aliphatic carbocycles. The minimum atomic E-state index is -0.997. The molecule has 110 valence electrons. The summed E-state index contributed by atoms with van der Waals surface area (Å²) in [6.07, 6.45) is 0.918. The normalized spacial score (nSPS) is 12.9. The molecule has 0 fully saturated rings. The summed E-state index contributed by atoms with van der Waals surface area (Å²) in [5.41, 5.74) is 2.35. The van der Waals surface area contributed by atoms with E-state index in [0.29, 0.717) is 23.2 Å². The van der Waals surface area contributed by atoms with Crippen molar-refractivity contribution in [2.45, 2.75) is 19.9 Å². The fourth-order valence-corrected chi connectivity index (χ4v) is 3.67. The number of ether oxygens (including phenoxy) is 1. The van der Waals surface area contributed by atoms with E-state index < -0.39 is 5.97 Å². The summed E-state index contributed by atoms with van der Waals surface area (Å²) in [7, 11) is 0. The number of hydrogen-bond acceptors (Lipinski definition) is 5. The van der Waals surface area contributed by atoms with E-state index in [1.54, 1.807) is 6.92 Å². The molecule has 2 heterocycles. The second-order valence-electron chi connectivity index (χ2n) is 4.73. The maximum Gasteiger partial charge on any atom is 0.355 e. The molecule has 0 atom stereocenters. The molecule has 3 rings (SSSR count). The summed E-state index contributed by atoms with van der Waals surface area (Å²) < 4.78 is 6.69.